The smallest absolute Gasteiger partial charge is 0.0211 e. The van der Waals surface area contributed by atoms with Crippen LogP contribution in [0.4, 0.5) is 0 Å². The molecule has 1 aromatic carbocycles. The highest BCUT2D eigenvalue weighted by atomic mass is 14.9. The van der Waals surface area contributed by atoms with Gasteiger partial charge in [0.25, 0.3) is 0 Å². The first kappa shape index (κ1) is 7.81. The molecule has 0 saturated carbocycles. The van der Waals surface area contributed by atoms with Gasteiger partial charge in [-0.25, -0.2) is 0 Å². The van der Waals surface area contributed by atoms with Gasteiger partial charge in [-0.1, -0.05) is 25.1 Å². The number of nitrogens with one attached hydrogen (secondary N) is 1. The van der Waals surface area contributed by atoms with Crippen LogP contribution in [-0.4, -0.2) is 6.54 Å². The van der Waals surface area contributed by atoms with Crippen molar-refractivity contribution >= 4 is 0 Å². The fourth-order valence-electron chi connectivity index (χ4n) is 1.92. The molecular formula is C11H15N. The SMILES string of the molecule is CCc1cccc2c1CNCC2. The summed E-state index contributed by atoms with van der Waals surface area (Å²) in [5.41, 5.74) is 4.61. The third-order valence-electron chi connectivity index (χ3n) is 2.62. The van der Waals surface area contributed by atoms with E-state index in [1.54, 1.807) is 11.1 Å². The third kappa shape index (κ3) is 1.25. The summed E-state index contributed by atoms with van der Waals surface area (Å²) in [7, 11) is 0. The molecule has 1 N–H and O–H groups in total. The standard InChI is InChI=1S/C11H15N/c1-2-9-4-3-5-10-6-7-12-8-11(9)10/h3-5,12H,2,6-8H2,1H3. The van der Waals surface area contributed by atoms with Crippen LogP contribution in [-0.2, 0) is 19.4 Å². The minimum absolute atomic E-state index is 1.07. The number of benzene rings is 1. The molecule has 0 atom stereocenters. The van der Waals surface area contributed by atoms with Crippen LogP contribution >= 0.6 is 0 Å². The maximum atomic E-state index is 3.42. The Morgan fingerprint density at radius 2 is 2.33 bits per heavy atom. The van der Waals surface area contributed by atoms with Crippen molar-refractivity contribution in [1.82, 2.24) is 5.32 Å². The Labute approximate surface area is 73.8 Å². The fraction of sp³-hybridized carbons (Fsp3) is 0.455. The Morgan fingerprint density at radius 1 is 1.42 bits per heavy atom. The second-order valence-electron chi connectivity index (χ2n) is 3.34. The van der Waals surface area contributed by atoms with Crippen LogP contribution in [0, 0.1) is 0 Å². The maximum Gasteiger partial charge on any atom is 0.0211 e. The molecule has 0 aromatic heterocycles. The summed E-state index contributed by atoms with van der Waals surface area (Å²) in [5.74, 6) is 0. The van der Waals surface area contributed by atoms with Crippen LogP contribution in [0.15, 0.2) is 18.2 Å². The van der Waals surface area contributed by atoms with Gasteiger partial charge in [0.05, 0.1) is 0 Å². The van der Waals surface area contributed by atoms with Gasteiger partial charge in [0.2, 0.25) is 0 Å². The number of aryl methyl sites for hydroxylation is 1. The highest BCUT2D eigenvalue weighted by Gasteiger charge is 2.10. The van der Waals surface area contributed by atoms with E-state index in [0.717, 1.165) is 19.5 Å². The van der Waals surface area contributed by atoms with Crippen molar-refractivity contribution < 1.29 is 0 Å². The highest BCUT2D eigenvalue weighted by molar-refractivity contribution is 5.36. The zero-order valence-corrected chi connectivity index (χ0v) is 7.56. The molecule has 1 aliphatic rings. The van der Waals surface area contributed by atoms with Gasteiger partial charge >= 0.3 is 0 Å². The molecule has 0 saturated heterocycles. The van der Waals surface area contributed by atoms with Crippen LogP contribution in [0.3, 0.4) is 0 Å². The minimum Gasteiger partial charge on any atom is -0.312 e. The molecule has 0 amide bonds. The van der Waals surface area contributed by atoms with Gasteiger partial charge in [-0.2, -0.15) is 0 Å². The van der Waals surface area contributed by atoms with E-state index in [2.05, 4.69) is 30.4 Å². The van der Waals surface area contributed by atoms with Crippen LogP contribution in [0.25, 0.3) is 0 Å². The van der Waals surface area contributed by atoms with E-state index in [1.165, 1.54) is 12.0 Å². The fourth-order valence-corrected chi connectivity index (χ4v) is 1.92. The lowest BCUT2D eigenvalue weighted by molar-refractivity contribution is 0.638. The second-order valence-corrected chi connectivity index (χ2v) is 3.34. The molecular weight excluding hydrogens is 146 g/mol. The molecule has 2 rings (SSSR count). The molecule has 1 aromatic rings. The summed E-state index contributed by atoms with van der Waals surface area (Å²) in [5, 5.41) is 3.42. The summed E-state index contributed by atoms with van der Waals surface area (Å²) in [6, 6.07) is 6.68. The second kappa shape index (κ2) is 3.28. The van der Waals surface area contributed by atoms with Crippen molar-refractivity contribution in [1.29, 1.82) is 0 Å². The van der Waals surface area contributed by atoms with Crippen molar-refractivity contribution in [3.05, 3.63) is 34.9 Å². The molecule has 0 unspecified atom stereocenters. The van der Waals surface area contributed by atoms with E-state index in [-0.39, 0.29) is 0 Å². The van der Waals surface area contributed by atoms with E-state index in [1.807, 2.05) is 0 Å². The van der Waals surface area contributed by atoms with Gasteiger partial charge in [-0.3, -0.25) is 0 Å². The molecule has 0 radical (unpaired) electrons. The van der Waals surface area contributed by atoms with Gasteiger partial charge in [0, 0.05) is 6.54 Å². The zero-order chi connectivity index (χ0) is 8.39. The first-order valence-corrected chi connectivity index (χ1v) is 4.72. The van der Waals surface area contributed by atoms with Gasteiger partial charge in [0.15, 0.2) is 0 Å². The molecule has 1 nitrogen and oxygen atoms in total. The number of hydrogen-bond donors (Lipinski definition) is 1. The van der Waals surface area contributed by atoms with Crippen molar-refractivity contribution in [2.75, 3.05) is 6.54 Å². The topological polar surface area (TPSA) is 12.0 Å². The van der Waals surface area contributed by atoms with Gasteiger partial charge in [-0.05, 0) is 36.1 Å². The number of hydrogen-bond acceptors (Lipinski definition) is 1. The monoisotopic (exact) mass is 161 g/mol. The summed E-state index contributed by atoms with van der Waals surface area (Å²) >= 11 is 0. The average molecular weight is 161 g/mol. The van der Waals surface area contributed by atoms with Gasteiger partial charge in [-0.15, -0.1) is 0 Å². The van der Waals surface area contributed by atoms with Crippen LogP contribution in [0.1, 0.15) is 23.6 Å². The first-order chi connectivity index (χ1) is 5.92. The van der Waals surface area contributed by atoms with Gasteiger partial charge < -0.3 is 5.32 Å². The van der Waals surface area contributed by atoms with Crippen molar-refractivity contribution in [2.45, 2.75) is 26.3 Å². The van der Waals surface area contributed by atoms with E-state index >= 15 is 0 Å². The lowest BCUT2D eigenvalue weighted by atomic mass is 9.95. The summed E-state index contributed by atoms with van der Waals surface area (Å²) in [6.07, 6.45) is 2.36. The molecule has 1 heterocycles. The lowest BCUT2D eigenvalue weighted by Gasteiger charge is -2.19. The Morgan fingerprint density at radius 3 is 3.17 bits per heavy atom. The van der Waals surface area contributed by atoms with Crippen LogP contribution in [0.5, 0.6) is 0 Å². The van der Waals surface area contributed by atoms with Gasteiger partial charge in [0.1, 0.15) is 0 Å². The number of fused-ring (bicyclic) bond motifs is 1. The lowest BCUT2D eigenvalue weighted by Crippen LogP contribution is -2.24. The quantitative estimate of drug-likeness (QED) is 0.663. The van der Waals surface area contributed by atoms with Crippen molar-refractivity contribution in [3.63, 3.8) is 0 Å². The first-order valence-electron chi connectivity index (χ1n) is 4.72. The maximum absolute atomic E-state index is 3.42. The van der Waals surface area contributed by atoms with E-state index in [4.69, 9.17) is 0 Å². The molecule has 1 heteroatoms. The van der Waals surface area contributed by atoms with Crippen molar-refractivity contribution in [3.8, 4) is 0 Å². The molecule has 0 bridgehead atoms. The Bertz CT molecular complexity index is 264. The third-order valence-corrected chi connectivity index (χ3v) is 2.62. The zero-order valence-electron chi connectivity index (χ0n) is 7.56. The summed E-state index contributed by atoms with van der Waals surface area (Å²) in [6.45, 7) is 4.43. The Balaban J connectivity index is 2.44. The number of rotatable bonds is 1. The predicted octanol–water partition coefficient (Wildman–Crippen LogP) is 1.89. The van der Waals surface area contributed by atoms with E-state index in [0.29, 0.717) is 0 Å². The molecule has 0 spiro atoms. The van der Waals surface area contributed by atoms with Crippen LogP contribution < -0.4 is 5.32 Å². The predicted molar refractivity (Wildman–Crippen MR) is 51.2 cm³/mol. The summed E-state index contributed by atoms with van der Waals surface area (Å²) in [4.78, 5) is 0. The molecule has 1 aliphatic heterocycles. The Hall–Kier alpha value is -0.820. The summed E-state index contributed by atoms with van der Waals surface area (Å²) < 4.78 is 0. The highest BCUT2D eigenvalue weighted by Crippen LogP contribution is 2.18. The Kier molecular flexibility index (Phi) is 2.13. The molecule has 0 fully saturated rings. The normalized spacial score (nSPS) is 15.8. The van der Waals surface area contributed by atoms with Crippen molar-refractivity contribution in [2.24, 2.45) is 0 Å². The van der Waals surface area contributed by atoms with Crippen LogP contribution in [0.2, 0.25) is 0 Å². The largest absolute Gasteiger partial charge is 0.312 e. The molecule has 12 heavy (non-hydrogen) atoms. The van der Waals surface area contributed by atoms with E-state index < -0.39 is 0 Å². The molecule has 64 valence electrons. The van der Waals surface area contributed by atoms with E-state index in [9.17, 15) is 0 Å². The minimum atomic E-state index is 1.07. The molecule has 0 aliphatic carbocycles. The average Bonchev–Trinajstić information content (AvgIpc) is 2.17.